The number of unbranched alkanes of at least 4 members (excludes halogenated alkanes) is 52. The van der Waals surface area contributed by atoms with Crippen molar-refractivity contribution in [1.82, 2.24) is 0 Å². The van der Waals surface area contributed by atoms with Crippen molar-refractivity contribution in [3.8, 4) is 0 Å². The fourth-order valence-corrected chi connectivity index (χ4v) is 9.61. The first-order valence-electron chi connectivity index (χ1n) is 29.5. The number of carbonyl (C=O) groups excluding carboxylic acids is 1. The largest absolute Gasteiger partial charge is 0.466 e. The monoisotopic (exact) mass is 859 g/mol. The van der Waals surface area contributed by atoms with Gasteiger partial charge in [-0.2, -0.15) is 0 Å². The maximum atomic E-state index is 12.1. The molecule has 0 saturated carbocycles. The summed E-state index contributed by atoms with van der Waals surface area (Å²) < 4.78 is 5.52. The minimum absolute atomic E-state index is 0.0365. The maximum absolute atomic E-state index is 12.1. The van der Waals surface area contributed by atoms with Gasteiger partial charge in [-0.1, -0.05) is 348 Å². The minimum Gasteiger partial charge on any atom is -0.466 e. The Labute approximate surface area is 387 Å². The molecule has 0 aromatic carbocycles. The summed E-state index contributed by atoms with van der Waals surface area (Å²) in [6.07, 6.45) is 77.3. The van der Waals surface area contributed by atoms with Gasteiger partial charge in [-0.25, -0.2) is 0 Å². The third kappa shape index (κ3) is 57.5. The van der Waals surface area contributed by atoms with E-state index in [1.807, 2.05) is 0 Å². The molecule has 0 spiro atoms. The van der Waals surface area contributed by atoms with Crippen molar-refractivity contribution >= 4 is 5.97 Å². The van der Waals surface area contributed by atoms with Gasteiger partial charge in [0, 0.05) is 6.42 Å². The standard InChI is InChI=1S/C59H118O2/c1-3-5-7-9-11-13-15-17-19-21-23-25-27-29-30-31-32-33-35-37-39-41-43-45-47-49-51-53-55-57-59(60)61-58-56-54-52-50-48-46-44-42-40-38-36-34-28-26-24-22-20-18-16-14-12-10-8-6-4-2/h3-58H2,1-2H3. The van der Waals surface area contributed by atoms with Crippen molar-refractivity contribution in [2.75, 3.05) is 6.61 Å². The van der Waals surface area contributed by atoms with Gasteiger partial charge in [0.25, 0.3) is 0 Å². The third-order valence-electron chi connectivity index (χ3n) is 14.0. The molecule has 2 heteroatoms. The van der Waals surface area contributed by atoms with E-state index in [2.05, 4.69) is 13.8 Å². The van der Waals surface area contributed by atoms with Gasteiger partial charge in [0.05, 0.1) is 6.61 Å². The van der Waals surface area contributed by atoms with Crippen molar-refractivity contribution in [3.05, 3.63) is 0 Å². The molecule has 0 saturated heterocycles. The van der Waals surface area contributed by atoms with Crippen molar-refractivity contribution in [3.63, 3.8) is 0 Å². The fraction of sp³-hybridized carbons (Fsp3) is 0.983. The predicted molar refractivity (Wildman–Crippen MR) is 276 cm³/mol. The van der Waals surface area contributed by atoms with Crippen LogP contribution in [0.2, 0.25) is 0 Å². The lowest BCUT2D eigenvalue weighted by Gasteiger charge is -2.06. The highest BCUT2D eigenvalue weighted by Crippen LogP contribution is 2.19. The maximum Gasteiger partial charge on any atom is 0.305 e. The van der Waals surface area contributed by atoms with Crippen LogP contribution in [0.4, 0.5) is 0 Å². The molecule has 0 aliphatic rings. The summed E-state index contributed by atoms with van der Waals surface area (Å²) in [6.45, 7) is 5.25. The Kier molecular flexibility index (Phi) is 57.0. The molecule has 0 aromatic heterocycles. The molecule has 0 fully saturated rings. The molecule has 0 aromatic rings. The van der Waals surface area contributed by atoms with E-state index in [1.54, 1.807) is 0 Å². The van der Waals surface area contributed by atoms with E-state index in [1.165, 1.54) is 334 Å². The Morgan fingerprint density at radius 3 is 0.541 bits per heavy atom. The highest BCUT2D eigenvalue weighted by molar-refractivity contribution is 5.69. The zero-order valence-corrected chi connectivity index (χ0v) is 42.9. The number of rotatable bonds is 56. The van der Waals surface area contributed by atoms with Crippen LogP contribution in [-0.4, -0.2) is 12.6 Å². The molecule has 0 heterocycles. The second-order valence-electron chi connectivity index (χ2n) is 20.4. The molecule has 0 amide bonds. The zero-order valence-electron chi connectivity index (χ0n) is 42.9. The summed E-state index contributed by atoms with van der Waals surface area (Å²) in [7, 11) is 0. The van der Waals surface area contributed by atoms with Crippen molar-refractivity contribution in [1.29, 1.82) is 0 Å². The first-order chi connectivity index (χ1) is 30.3. The second-order valence-corrected chi connectivity index (χ2v) is 20.4. The molecule has 0 unspecified atom stereocenters. The van der Waals surface area contributed by atoms with Gasteiger partial charge in [-0.15, -0.1) is 0 Å². The molecule has 0 atom stereocenters. The van der Waals surface area contributed by atoms with E-state index in [9.17, 15) is 4.79 Å². The molecule has 61 heavy (non-hydrogen) atoms. The molecule has 0 aliphatic heterocycles. The highest BCUT2D eigenvalue weighted by Gasteiger charge is 2.03. The summed E-state index contributed by atoms with van der Waals surface area (Å²) in [5.41, 5.74) is 0. The van der Waals surface area contributed by atoms with Crippen LogP contribution < -0.4 is 0 Å². The second kappa shape index (κ2) is 57.5. The highest BCUT2D eigenvalue weighted by atomic mass is 16.5. The van der Waals surface area contributed by atoms with E-state index in [0.717, 1.165) is 12.8 Å². The lowest BCUT2D eigenvalue weighted by Crippen LogP contribution is -2.05. The third-order valence-corrected chi connectivity index (χ3v) is 14.0. The van der Waals surface area contributed by atoms with Gasteiger partial charge in [-0.3, -0.25) is 4.79 Å². The van der Waals surface area contributed by atoms with Crippen LogP contribution in [0.1, 0.15) is 367 Å². The SMILES string of the molecule is CCCCCCCCCCCCCCCCCCCCCCCCCCCCCCCC(=O)OCCCCCCCCCCCCCCCCCCCCCCCCCCC. The minimum atomic E-state index is 0.0365. The molecule has 0 N–H and O–H groups in total. The Bertz CT molecular complexity index is 762. The van der Waals surface area contributed by atoms with Gasteiger partial charge in [-0.05, 0) is 12.8 Å². The quantitative estimate of drug-likeness (QED) is 0.0450. The number of carbonyl (C=O) groups is 1. The molecular formula is C59H118O2. The van der Waals surface area contributed by atoms with Crippen molar-refractivity contribution < 1.29 is 9.53 Å². The van der Waals surface area contributed by atoms with Gasteiger partial charge in [0.2, 0.25) is 0 Å². The van der Waals surface area contributed by atoms with Crippen LogP contribution in [-0.2, 0) is 9.53 Å². The first kappa shape index (κ1) is 60.5. The lowest BCUT2D eigenvalue weighted by molar-refractivity contribution is -0.143. The topological polar surface area (TPSA) is 26.3 Å². The number of ether oxygens (including phenoxy) is 1. The number of hydrogen-bond acceptors (Lipinski definition) is 2. The van der Waals surface area contributed by atoms with Crippen LogP contribution in [0.15, 0.2) is 0 Å². The summed E-state index contributed by atoms with van der Waals surface area (Å²) in [6, 6.07) is 0. The van der Waals surface area contributed by atoms with Crippen molar-refractivity contribution in [2.24, 2.45) is 0 Å². The summed E-state index contributed by atoms with van der Waals surface area (Å²) >= 11 is 0. The van der Waals surface area contributed by atoms with Crippen LogP contribution in [0.3, 0.4) is 0 Å². The van der Waals surface area contributed by atoms with Gasteiger partial charge < -0.3 is 4.74 Å². The van der Waals surface area contributed by atoms with E-state index >= 15 is 0 Å². The normalized spacial score (nSPS) is 11.6. The van der Waals surface area contributed by atoms with Gasteiger partial charge >= 0.3 is 5.97 Å². The molecular weight excluding hydrogens is 741 g/mol. The molecule has 0 radical (unpaired) electrons. The molecule has 0 bridgehead atoms. The summed E-state index contributed by atoms with van der Waals surface area (Å²) in [4.78, 5) is 12.1. The Balaban J connectivity index is 3.14. The average Bonchev–Trinajstić information content (AvgIpc) is 3.27. The van der Waals surface area contributed by atoms with E-state index < -0.39 is 0 Å². The van der Waals surface area contributed by atoms with Crippen LogP contribution in [0.25, 0.3) is 0 Å². The smallest absolute Gasteiger partial charge is 0.305 e. The Morgan fingerprint density at radius 1 is 0.213 bits per heavy atom. The summed E-state index contributed by atoms with van der Waals surface area (Å²) in [5, 5.41) is 0. The van der Waals surface area contributed by atoms with Crippen LogP contribution >= 0.6 is 0 Å². The predicted octanol–water partition coefficient (Wildman–Crippen LogP) is 22.0. The number of esters is 1. The molecule has 2 nitrogen and oxygen atoms in total. The Morgan fingerprint density at radius 2 is 0.361 bits per heavy atom. The number of hydrogen-bond donors (Lipinski definition) is 0. The first-order valence-corrected chi connectivity index (χ1v) is 29.5. The lowest BCUT2D eigenvalue weighted by atomic mass is 10.0. The Hall–Kier alpha value is -0.530. The van der Waals surface area contributed by atoms with Crippen molar-refractivity contribution in [2.45, 2.75) is 367 Å². The molecule has 366 valence electrons. The average molecular weight is 860 g/mol. The van der Waals surface area contributed by atoms with Gasteiger partial charge in [0.15, 0.2) is 0 Å². The summed E-state index contributed by atoms with van der Waals surface area (Å²) in [5.74, 6) is 0.0365. The van der Waals surface area contributed by atoms with Gasteiger partial charge in [0.1, 0.15) is 0 Å². The van der Waals surface area contributed by atoms with E-state index in [0.29, 0.717) is 13.0 Å². The van der Waals surface area contributed by atoms with Crippen LogP contribution in [0, 0.1) is 0 Å². The zero-order chi connectivity index (χ0) is 43.9. The van der Waals surface area contributed by atoms with E-state index in [4.69, 9.17) is 4.74 Å². The van der Waals surface area contributed by atoms with Crippen LogP contribution in [0.5, 0.6) is 0 Å². The molecule has 0 rings (SSSR count). The molecule has 0 aliphatic carbocycles. The van der Waals surface area contributed by atoms with E-state index in [-0.39, 0.29) is 5.97 Å². The fourth-order valence-electron chi connectivity index (χ4n) is 9.61.